The molecular formula is C14H20O2. The number of aryl methyl sites for hydroxylation is 2. The largest absolute Gasteiger partial charge is 0.469 e. The van der Waals surface area contributed by atoms with Crippen molar-refractivity contribution in [2.45, 2.75) is 33.6 Å². The highest BCUT2D eigenvalue weighted by molar-refractivity contribution is 5.78. The second-order valence-corrected chi connectivity index (χ2v) is 4.60. The van der Waals surface area contributed by atoms with E-state index >= 15 is 0 Å². The summed E-state index contributed by atoms with van der Waals surface area (Å²) in [4.78, 5) is 11.8. The summed E-state index contributed by atoms with van der Waals surface area (Å²) in [6, 6.07) is 6.18. The van der Waals surface area contributed by atoms with Crippen LogP contribution in [-0.2, 0) is 9.53 Å². The molecule has 0 radical (unpaired) electrons. The summed E-state index contributed by atoms with van der Waals surface area (Å²) in [6.07, 6.45) is 0. The Hall–Kier alpha value is -1.31. The van der Waals surface area contributed by atoms with Gasteiger partial charge in [0.1, 0.15) is 0 Å². The van der Waals surface area contributed by atoms with E-state index < -0.39 is 0 Å². The smallest absolute Gasteiger partial charge is 0.313 e. The summed E-state index contributed by atoms with van der Waals surface area (Å²) >= 11 is 0. The Kier molecular flexibility index (Phi) is 4.11. The zero-order chi connectivity index (χ0) is 12.3. The lowest BCUT2D eigenvalue weighted by atomic mass is 9.85. The molecular weight excluding hydrogens is 200 g/mol. The van der Waals surface area contributed by atoms with Crippen molar-refractivity contribution in [1.82, 2.24) is 0 Å². The summed E-state index contributed by atoms with van der Waals surface area (Å²) in [5, 5.41) is 0. The average molecular weight is 220 g/mol. The van der Waals surface area contributed by atoms with Crippen molar-refractivity contribution in [2.75, 3.05) is 7.11 Å². The summed E-state index contributed by atoms with van der Waals surface area (Å²) in [5.41, 5.74) is 3.45. The Morgan fingerprint density at radius 2 is 1.88 bits per heavy atom. The van der Waals surface area contributed by atoms with Gasteiger partial charge in [-0.25, -0.2) is 0 Å². The molecule has 88 valence electrons. The van der Waals surface area contributed by atoms with Crippen molar-refractivity contribution in [3.8, 4) is 0 Å². The topological polar surface area (TPSA) is 26.3 Å². The lowest BCUT2D eigenvalue weighted by molar-refractivity contribution is -0.143. The van der Waals surface area contributed by atoms with Crippen molar-refractivity contribution in [2.24, 2.45) is 5.92 Å². The number of methoxy groups -OCH3 is 1. The van der Waals surface area contributed by atoms with Gasteiger partial charge in [0.15, 0.2) is 0 Å². The summed E-state index contributed by atoms with van der Waals surface area (Å²) in [7, 11) is 1.45. The number of ether oxygens (including phenoxy) is 1. The van der Waals surface area contributed by atoms with Crippen LogP contribution < -0.4 is 0 Å². The van der Waals surface area contributed by atoms with E-state index in [0.717, 1.165) is 11.1 Å². The molecule has 1 aromatic rings. The molecule has 0 aromatic heterocycles. The highest BCUT2D eigenvalue weighted by Crippen LogP contribution is 2.28. The second-order valence-electron chi connectivity index (χ2n) is 4.60. The first-order valence-corrected chi connectivity index (χ1v) is 5.62. The van der Waals surface area contributed by atoms with Crippen molar-refractivity contribution in [1.29, 1.82) is 0 Å². The Morgan fingerprint density at radius 1 is 1.25 bits per heavy atom. The van der Waals surface area contributed by atoms with Crippen LogP contribution in [0.2, 0.25) is 0 Å². The fourth-order valence-electron chi connectivity index (χ4n) is 2.06. The lowest BCUT2D eigenvalue weighted by Gasteiger charge is -2.20. The second kappa shape index (κ2) is 5.15. The molecule has 0 aliphatic carbocycles. The van der Waals surface area contributed by atoms with E-state index in [1.807, 2.05) is 32.9 Å². The van der Waals surface area contributed by atoms with Crippen LogP contribution in [-0.4, -0.2) is 13.1 Å². The number of carbonyl (C=O) groups is 1. The molecule has 0 N–H and O–H groups in total. The standard InChI is InChI=1S/C14H20O2/c1-9(2)13(14(15)16-5)12-7-6-10(3)8-11(12)4/h6-9,13H,1-5H3. The van der Waals surface area contributed by atoms with E-state index in [1.165, 1.54) is 12.7 Å². The minimum absolute atomic E-state index is 0.151. The Labute approximate surface area is 97.6 Å². The van der Waals surface area contributed by atoms with Gasteiger partial charge in [-0.1, -0.05) is 37.6 Å². The lowest BCUT2D eigenvalue weighted by Crippen LogP contribution is -2.20. The van der Waals surface area contributed by atoms with Crippen molar-refractivity contribution < 1.29 is 9.53 Å². The minimum atomic E-state index is -0.161. The molecule has 1 atom stereocenters. The molecule has 2 heteroatoms. The van der Waals surface area contributed by atoms with Crippen LogP contribution in [0.3, 0.4) is 0 Å². The fourth-order valence-corrected chi connectivity index (χ4v) is 2.06. The molecule has 0 bridgehead atoms. The molecule has 0 spiro atoms. The number of carbonyl (C=O) groups excluding carboxylic acids is 1. The number of hydrogen-bond donors (Lipinski definition) is 0. The van der Waals surface area contributed by atoms with Gasteiger partial charge >= 0.3 is 5.97 Å². The van der Waals surface area contributed by atoms with Crippen LogP contribution in [0.15, 0.2) is 18.2 Å². The van der Waals surface area contributed by atoms with Gasteiger partial charge in [-0.15, -0.1) is 0 Å². The number of rotatable bonds is 3. The van der Waals surface area contributed by atoms with E-state index in [-0.39, 0.29) is 17.8 Å². The first-order chi connectivity index (χ1) is 7.47. The highest BCUT2D eigenvalue weighted by atomic mass is 16.5. The van der Waals surface area contributed by atoms with Crippen LogP contribution in [0.25, 0.3) is 0 Å². The fraction of sp³-hybridized carbons (Fsp3) is 0.500. The maximum atomic E-state index is 11.8. The van der Waals surface area contributed by atoms with Gasteiger partial charge in [-0.3, -0.25) is 4.79 Å². The molecule has 1 aromatic carbocycles. The SMILES string of the molecule is COC(=O)C(c1ccc(C)cc1C)C(C)C. The van der Waals surface area contributed by atoms with Crippen molar-refractivity contribution >= 4 is 5.97 Å². The van der Waals surface area contributed by atoms with Gasteiger partial charge in [0.25, 0.3) is 0 Å². The van der Waals surface area contributed by atoms with Gasteiger partial charge in [-0.2, -0.15) is 0 Å². The van der Waals surface area contributed by atoms with Gasteiger partial charge < -0.3 is 4.74 Å². The summed E-state index contributed by atoms with van der Waals surface area (Å²) < 4.78 is 4.87. The van der Waals surface area contributed by atoms with E-state index in [2.05, 4.69) is 13.0 Å². The first kappa shape index (κ1) is 12.8. The van der Waals surface area contributed by atoms with Crippen LogP contribution in [0.4, 0.5) is 0 Å². The predicted octanol–water partition coefficient (Wildman–Crippen LogP) is 3.22. The third kappa shape index (κ3) is 2.63. The maximum Gasteiger partial charge on any atom is 0.313 e. The van der Waals surface area contributed by atoms with E-state index in [0.29, 0.717) is 0 Å². The molecule has 1 rings (SSSR count). The molecule has 0 saturated carbocycles. The van der Waals surface area contributed by atoms with Gasteiger partial charge in [0, 0.05) is 0 Å². The van der Waals surface area contributed by atoms with Gasteiger partial charge in [0.2, 0.25) is 0 Å². The Balaban J connectivity index is 3.16. The zero-order valence-electron chi connectivity index (χ0n) is 10.7. The number of esters is 1. The third-order valence-electron chi connectivity index (χ3n) is 2.88. The zero-order valence-corrected chi connectivity index (χ0v) is 10.7. The first-order valence-electron chi connectivity index (χ1n) is 5.62. The van der Waals surface area contributed by atoms with Crippen molar-refractivity contribution in [3.05, 3.63) is 34.9 Å². The number of hydrogen-bond acceptors (Lipinski definition) is 2. The molecule has 0 aliphatic heterocycles. The van der Waals surface area contributed by atoms with E-state index in [1.54, 1.807) is 0 Å². The van der Waals surface area contributed by atoms with Crippen LogP contribution in [0.1, 0.15) is 36.5 Å². The monoisotopic (exact) mass is 220 g/mol. The number of benzene rings is 1. The van der Waals surface area contributed by atoms with Crippen molar-refractivity contribution in [3.63, 3.8) is 0 Å². The van der Waals surface area contributed by atoms with E-state index in [9.17, 15) is 4.79 Å². The molecule has 1 unspecified atom stereocenters. The predicted molar refractivity (Wildman–Crippen MR) is 65.5 cm³/mol. The molecule has 0 amide bonds. The molecule has 0 heterocycles. The molecule has 16 heavy (non-hydrogen) atoms. The molecule has 0 aliphatic rings. The summed E-state index contributed by atoms with van der Waals surface area (Å²) in [5.74, 6) is -0.0681. The minimum Gasteiger partial charge on any atom is -0.469 e. The average Bonchev–Trinajstić information content (AvgIpc) is 2.21. The van der Waals surface area contributed by atoms with Gasteiger partial charge in [0.05, 0.1) is 13.0 Å². The van der Waals surface area contributed by atoms with Crippen LogP contribution in [0.5, 0.6) is 0 Å². The summed E-state index contributed by atoms with van der Waals surface area (Å²) in [6.45, 7) is 8.18. The highest BCUT2D eigenvalue weighted by Gasteiger charge is 2.26. The molecule has 0 saturated heterocycles. The Morgan fingerprint density at radius 3 is 2.31 bits per heavy atom. The Bertz CT molecular complexity index is 380. The molecule has 2 nitrogen and oxygen atoms in total. The van der Waals surface area contributed by atoms with E-state index in [4.69, 9.17) is 4.74 Å². The molecule has 0 fully saturated rings. The maximum absolute atomic E-state index is 11.8. The quantitative estimate of drug-likeness (QED) is 0.731. The third-order valence-corrected chi connectivity index (χ3v) is 2.88. The van der Waals surface area contributed by atoms with Crippen LogP contribution >= 0.6 is 0 Å². The van der Waals surface area contributed by atoms with Gasteiger partial charge in [-0.05, 0) is 30.9 Å². The normalized spacial score (nSPS) is 12.6. The van der Waals surface area contributed by atoms with Crippen LogP contribution in [0, 0.1) is 19.8 Å².